The molecule has 2 saturated heterocycles. The largest absolute Gasteiger partial charge is 0.343 e. The number of urea groups is 1. The van der Waals surface area contributed by atoms with Crippen LogP contribution in [0.25, 0.3) is 0 Å². The summed E-state index contributed by atoms with van der Waals surface area (Å²) < 4.78 is 0. The molecule has 0 radical (unpaired) electrons. The van der Waals surface area contributed by atoms with Crippen LogP contribution in [0.15, 0.2) is 16.8 Å². The van der Waals surface area contributed by atoms with Crippen LogP contribution in [0.5, 0.6) is 0 Å². The summed E-state index contributed by atoms with van der Waals surface area (Å²) in [5, 5.41) is 6.88. The van der Waals surface area contributed by atoms with Crippen molar-refractivity contribution in [3.05, 3.63) is 22.4 Å². The average molecular weight is 418 g/mol. The molecule has 4 amide bonds. The van der Waals surface area contributed by atoms with Crippen LogP contribution < -0.4 is 5.32 Å². The number of rotatable bonds is 5. The van der Waals surface area contributed by atoms with Gasteiger partial charge in [-0.2, -0.15) is 11.3 Å². The van der Waals surface area contributed by atoms with Gasteiger partial charge >= 0.3 is 6.03 Å². The van der Waals surface area contributed by atoms with E-state index >= 15 is 0 Å². The van der Waals surface area contributed by atoms with Gasteiger partial charge in [0, 0.05) is 19.5 Å². The van der Waals surface area contributed by atoms with Crippen LogP contribution in [-0.4, -0.2) is 46.3 Å². The van der Waals surface area contributed by atoms with Crippen molar-refractivity contribution in [1.29, 1.82) is 0 Å². The summed E-state index contributed by atoms with van der Waals surface area (Å²) in [6.07, 6.45) is 8.35. The molecule has 0 aromatic carbocycles. The number of likely N-dealkylation sites (tertiary alicyclic amines) is 1. The molecule has 1 N–H and O–H groups in total. The molecule has 1 aliphatic carbocycles. The number of hydrogen-bond acceptors (Lipinski definition) is 4. The van der Waals surface area contributed by atoms with E-state index in [0.29, 0.717) is 32.0 Å². The molecule has 6 nitrogen and oxygen atoms in total. The third-order valence-electron chi connectivity index (χ3n) is 7.07. The highest BCUT2D eigenvalue weighted by atomic mass is 32.1. The van der Waals surface area contributed by atoms with E-state index in [1.165, 1.54) is 37.0 Å². The Hall–Kier alpha value is -1.89. The van der Waals surface area contributed by atoms with Crippen molar-refractivity contribution < 1.29 is 14.4 Å². The first kappa shape index (κ1) is 20.4. The van der Waals surface area contributed by atoms with E-state index in [2.05, 4.69) is 5.32 Å². The molecule has 7 heteroatoms. The minimum atomic E-state index is -0.869. The number of thiophene rings is 1. The Morgan fingerprint density at radius 2 is 1.90 bits per heavy atom. The van der Waals surface area contributed by atoms with Crippen molar-refractivity contribution in [3.63, 3.8) is 0 Å². The number of imide groups is 1. The van der Waals surface area contributed by atoms with E-state index in [1.54, 1.807) is 11.3 Å². The van der Waals surface area contributed by atoms with Crippen molar-refractivity contribution in [2.75, 3.05) is 13.1 Å². The van der Waals surface area contributed by atoms with Gasteiger partial charge in [0.05, 0.1) is 6.54 Å². The van der Waals surface area contributed by atoms with Gasteiger partial charge in [-0.25, -0.2) is 4.79 Å². The Balaban J connectivity index is 1.33. The van der Waals surface area contributed by atoms with Crippen LogP contribution in [0.1, 0.15) is 63.9 Å². The van der Waals surface area contributed by atoms with E-state index in [9.17, 15) is 14.4 Å². The number of piperidine rings is 1. The minimum Gasteiger partial charge on any atom is -0.343 e. The van der Waals surface area contributed by atoms with Crippen molar-refractivity contribution in [1.82, 2.24) is 15.1 Å². The SMILES string of the molecule is CC1(C2CCN(C(=O)CC3CCCCC3)CC2)NC(=O)N(Cc2ccsc2)C1=O. The van der Waals surface area contributed by atoms with Gasteiger partial charge in [0.25, 0.3) is 5.91 Å². The highest BCUT2D eigenvalue weighted by Crippen LogP contribution is 2.35. The lowest BCUT2D eigenvalue weighted by Gasteiger charge is -2.39. The molecule has 4 rings (SSSR count). The number of nitrogens with zero attached hydrogens (tertiary/aromatic N) is 2. The first-order valence-electron chi connectivity index (χ1n) is 10.9. The lowest BCUT2D eigenvalue weighted by Crippen LogP contribution is -2.54. The van der Waals surface area contributed by atoms with Crippen molar-refractivity contribution >= 4 is 29.2 Å². The molecule has 0 spiro atoms. The highest BCUT2D eigenvalue weighted by molar-refractivity contribution is 7.07. The van der Waals surface area contributed by atoms with Crippen molar-refractivity contribution in [3.8, 4) is 0 Å². The fourth-order valence-corrected chi connectivity index (χ4v) is 5.83. The molecular formula is C22H31N3O3S. The number of carbonyl (C=O) groups excluding carboxylic acids is 3. The Labute approximate surface area is 176 Å². The molecule has 2 aliphatic heterocycles. The van der Waals surface area contributed by atoms with Gasteiger partial charge in [0.15, 0.2) is 0 Å². The summed E-state index contributed by atoms with van der Waals surface area (Å²) in [5.41, 5.74) is 0.108. The summed E-state index contributed by atoms with van der Waals surface area (Å²) in [7, 11) is 0. The Morgan fingerprint density at radius 1 is 1.17 bits per heavy atom. The van der Waals surface area contributed by atoms with Crippen LogP contribution in [0.2, 0.25) is 0 Å². The van der Waals surface area contributed by atoms with Crippen LogP contribution in [0, 0.1) is 11.8 Å². The molecule has 3 heterocycles. The monoisotopic (exact) mass is 417 g/mol. The molecule has 1 aromatic heterocycles. The zero-order chi connectivity index (χ0) is 20.4. The predicted octanol–water partition coefficient (Wildman–Crippen LogP) is 3.77. The quantitative estimate of drug-likeness (QED) is 0.742. The molecule has 1 saturated carbocycles. The Kier molecular flexibility index (Phi) is 5.95. The molecule has 158 valence electrons. The molecule has 3 fully saturated rings. The Morgan fingerprint density at radius 3 is 2.55 bits per heavy atom. The topological polar surface area (TPSA) is 69.7 Å². The smallest absolute Gasteiger partial charge is 0.325 e. The van der Waals surface area contributed by atoms with Gasteiger partial charge in [0.2, 0.25) is 5.91 Å². The van der Waals surface area contributed by atoms with Gasteiger partial charge in [-0.05, 0) is 66.8 Å². The number of carbonyl (C=O) groups is 3. The average Bonchev–Trinajstić information content (AvgIpc) is 3.32. The van der Waals surface area contributed by atoms with Crippen LogP contribution in [0.3, 0.4) is 0 Å². The fourth-order valence-electron chi connectivity index (χ4n) is 5.17. The summed E-state index contributed by atoms with van der Waals surface area (Å²) in [6.45, 7) is 3.53. The molecular weight excluding hydrogens is 386 g/mol. The predicted molar refractivity (Wildman–Crippen MR) is 112 cm³/mol. The summed E-state index contributed by atoms with van der Waals surface area (Å²) in [4.78, 5) is 41.6. The Bertz CT molecular complexity index is 751. The maximum absolute atomic E-state index is 13.1. The van der Waals surface area contributed by atoms with E-state index < -0.39 is 5.54 Å². The molecule has 1 aromatic rings. The normalized spacial score (nSPS) is 26.8. The molecule has 29 heavy (non-hydrogen) atoms. The summed E-state index contributed by atoms with van der Waals surface area (Å²) >= 11 is 1.56. The maximum atomic E-state index is 13.1. The van der Waals surface area contributed by atoms with Gasteiger partial charge in [-0.1, -0.05) is 19.3 Å². The van der Waals surface area contributed by atoms with Crippen molar-refractivity contribution in [2.24, 2.45) is 11.8 Å². The number of nitrogens with one attached hydrogen (secondary N) is 1. The summed E-state index contributed by atoms with van der Waals surface area (Å²) in [6, 6.07) is 1.64. The van der Waals surface area contributed by atoms with Gasteiger partial charge < -0.3 is 10.2 Å². The van der Waals surface area contributed by atoms with Gasteiger partial charge in [0.1, 0.15) is 5.54 Å². The molecule has 1 atom stereocenters. The van der Waals surface area contributed by atoms with E-state index in [-0.39, 0.29) is 23.8 Å². The van der Waals surface area contributed by atoms with Crippen LogP contribution in [0.4, 0.5) is 4.79 Å². The van der Waals surface area contributed by atoms with Crippen LogP contribution >= 0.6 is 11.3 Å². The second-order valence-corrected chi connectivity index (χ2v) is 9.80. The number of hydrogen-bond donors (Lipinski definition) is 1. The zero-order valence-electron chi connectivity index (χ0n) is 17.2. The van der Waals surface area contributed by atoms with Gasteiger partial charge in [-0.15, -0.1) is 0 Å². The molecule has 1 unspecified atom stereocenters. The van der Waals surface area contributed by atoms with E-state index in [0.717, 1.165) is 18.4 Å². The fraction of sp³-hybridized carbons (Fsp3) is 0.682. The van der Waals surface area contributed by atoms with Gasteiger partial charge in [-0.3, -0.25) is 14.5 Å². The second-order valence-electron chi connectivity index (χ2n) is 9.02. The zero-order valence-corrected chi connectivity index (χ0v) is 18.0. The lowest BCUT2D eigenvalue weighted by molar-refractivity contribution is -0.136. The first-order valence-corrected chi connectivity index (χ1v) is 11.8. The molecule has 3 aliphatic rings. The van der Waals surface area contributed by atoms with Crippen molar-refractivity contribution in [2.45, 2.75) is 70.4 Å². The minimum absolute atomic E-state index is 0.0603. The third kappa shape index (κ3) is 4.20. The molecule has 0 bridgehead atoms. The number of amides is 4. The first-order chi connectivity index (χ1) is 14.0. The summed E-state index contributed by atoms with van der Waals surface area (Å²) in [5.74, 6) is 0.736. The second kappa shape index (κ2) is 8.46. The maximum Gasteiger partial charge on any atom is 0.325 e. The standard InChI is InChI=1S/C22H31N3O3S/c1-22(20(27)25(21(28)23-22)14-17-9-12-29-15-17)18-7-10-24(11-8-18)19(26)13-16-5-3-2-4-6-16/h9,12,15-16,18H,2-8,10-11,13-14H2,1H3,(H,23,28). The van der Waals surface area contributed by atoms with E-state index in [4.69, 9.17) is 0 Å². The lowest BCUT2D eigenvalue weighted by atomic mass is 9.78. The van der Waals surface area contributed by atoms with E-state index in [1.807, 2.05) is 28.7 Å². The third-order valence-corrected chi connectivity index (χ3v) is 7.81. The highest BCUT2D eigenvalue weighted by Gasteiger charge is 2.52. The van der Waals surface area contributed by atoms with Crippen LogP contribution in [-0.2, 0) is 16.1 Å².